The van der Waals surface area contributed by atoms with Gasteiger partial charge < -0.3 is 5.32 Å². The third-order valence-corrected chi connectivity index (χ3v) is 2.61. The maximum absolute atomic E-state index is 11.0. The van der Waals surface area contributed by atoms with Crippen LogP contribution in [0.15, 0.2) is 23.2 Å². The van der Waals surface area contributed by atoms with Crippen LogP contribution in [0.4, 0.5) is 5.82 Å². The number of anilines is 1. The first-order chi connectivity index (χ1) is 6.54. The molecule has 1 aromatic heterocycles. The van der Waals surface area contributed by atoms with E-state index in [0.717, 1.165) is 6.26 Å². The second-order valence-corrected chi connectivity index (χ2v) is 4.68. The lowest BCUT2D eigenvalue weighted by atomic mass is 10.4. The molecule has 0 aliphatic rings. The van der Waals surface area contributed by atoms with Gasteiger partial charge in [-0.3, -0.25) is 0 Å². The molecule has 0 aliphatic heterocycles. The van der Waals surface area contributed by atoms with Crippen molar-refractivity contribution in [2.45, 2.75) is 4.90 Å². The molecular formula is C8H9N3O2S. The molecule has 0 aliphatic carbocycles. The molecule has 74 valence electrons. The van der Waals surface area contributed by atoms with Gasteiger partial charge in [0.05, 0.1) is 11.0 Å². The standard InChI is InChI=1S/C8H9N3O2S/c1-14(12,13)7-2-3-8(11-6-7)10-5-4-9/h2-3,6H,5H2,1H3,(H,10,11). The topological polar surface area (TPSA) is 82.9 Å². The number of nitriles is 1. The van der Waals surface area contributed by atoms with Crippen LogP contribution in [0, 0.1) is 11.3 Å². The average molecular weight is 211 g/mol. The largest absolute Gasteiger partial charge is 0.357 e. The lowest BCUT2D eigenvalue weighted by Crippen LogP contribution is -2.02. The van der Waals surface area contributed by atoms with E-state index in [2.05, 4.69) is 10.3 Å². The molecule has 14 heavy (non-hydrogen) atoms. The van der Waals surface area contributed by atoms with Crippen molar-refractivity contribution in [3.05, 3.63) is 18.3 Å². The van der Waals surface area contributed by atoms with Crippen LogP contribution >= 0.6 is 0 Å². The van der Waals surface area contributed by atoms with E-state index in [-0.39, 0.29) is 11.4 Å². The van der Waals surface area contributed by atoms with Gasteiger partial charge in [0.25, 0.3) is 0 Å². The van der Waals surface area contributed by atoms with Crippen LogP contribution in [0.5, 0.6) is 0 Å². The Morgan fingerprint density at radius 1 is 1.57 bits per heavy atom. The molecule has 0 unspecified atom stereocenters. The summed E-state index contributed by atoms with van der Waals surface area (Å²) >= 11 is 0. The highest BCUT2D eigenvalue weighted by atomic mass is 32.2. The third-order valence-electron chi connectivity index (χ3n) is 1.51. The van der Waals surface area contributed by atoms with Crippen molar-refractivity contribution in [3.8, 4) is 6.07 Å². The van der Waals surface area contributed by atoms with Crippen LogP contribution < -0.4 is 5.32 Å². The molecule has 0 fully saturated rings. The Balaban J connectivity index is 2.86. The molecule has 6 heteroatoms. The van der Waals surface area contributed by atoms with Gasteiger partial charge in [0.15, 0.2) is 9.84 Å². The smallest absolute Gasteiger partial charge is 0.177 e. The summed E-state index contributed by atoms with van der Waals surface area (Å²) in [6.45, 7) is 0.144. The second-order valence-electron chi connectivity index (χ2n) is 2.66. The molecule has 0 bridgehead atoms. The summed E-state index contributed by atoms with van der Waals surface area (Å²) in [4.78, 5) is 4.01. The molecular weight excluding hydrogens is 202 g/mol. The first-order valence-corrected chi connectivity index (χ1v) is 5.70. The molecule has 0 aromatic carbocycles. The molecule has 1 aromatic rings. The monoisotopic (exact) mass is 211 g/mol. The van der Waals surface area contributed by atoms with E-state index < -0.39 is 9.84 Å². The Morgan fingerprint density at radius 2 is 2.29 bits per heavy atom. The summed E-state index contributed by atoms with van der Waals surface area (Å²) in [5.74, 6) is 0.485. The minimum Gasteiger partial charge on any atom is -0.357 e. The van der Waals surface area contributed by atoms with Gasteiger partial charge in [-0.25, -0.2) is 13.4 Å². The Morgan fingerprint density at radius 3 is 2.71 bits per heavy atom. The van der Waals surface area contributed by atoms with E-state index in [4.69, 9.17) is 5.26 Å². The number of aromatic nitrogens is 1. The first kappa shape index (κ1) is 10.5. The van der Waals surface area contributed by atoms with Gasteiger partial charge in [0.1, 0.15) is 12.4 Å². The molecule has 0 saturated carbocycles. The number of hydrogen-bond acceptors (Lipinski definition) is 5. The zero-order valence-electron chi connectivity index (χ0n) is 7.56. The van der Waals surface area contributed by atoms with Crippen molar-refractivity contribution in [2.75, 3.05) is 18.1 Å². The van der Waals surface area contributed by atoms with E-state index in [9.17, 15) is 8.42 Å². The lowest BCUT2D eigenvalue weighted by Gasteiger charge is -2.01. The summed E-state index contributed by atoms with van der Waals surface area (Å²) in [5, 5.41) is 11.0. The summed E-state index contributed by atoms with van der Waals surface area (Å²) in [6.07, 6.45) is 2.38. The highest BCUT2D eigenvalue weighted by molar-refractivity contribution is 7.90. The number of pyridine rings is 1. The quantitative estimate of drug-likeness (QED) is 0.732. The minimum atomic E-state index is -3.20. The molecule has 0 amide bonds. The van der Waals surface area contributed by atoms with Gasteiger partial charge in [-0.15, -0.1) is 0 Å². The van der Waals surface area contributed by atoms with Crippen LogP contribution in [0.1, 0.15) is 0 Å². The van der Waals surface area contributed by atoms with Gasteiger partial charge in [-0.2, -0.15) is 5.26 Å². The van der Waals surface area contributed by atoms with Crippen molar-refractivity contribution in [3.63, 3.8) is 0 Å². The maximum atomic E-state index is 11.0. The normalized spacial score (nSPS) is 10.6. The number of rotatable bonds is 3. The predicted octanol–water partition coefficient (Wildman–Crippen LogP) is 0.421. The number of sulfone groups is 1. The Labute approximate surface area is 82.3 Å². The van der Waals surface area contributed by atoms with Crippen molar-refractivity contribution in [1.29, 1.82) is 5.26 Å². The predicted molar refractivity (Wildman–Crippen MR) is 51.4 cm³/mol. The van der Waals surface area contributed by atoms with Gasteiger partial charge in [0, 0.05) is 12.5 Å². The molecule has 1 rings (SSSR count). The van der Waals surface area contributed by atoms with Crippen molar-refractivity contribution >= 4 is 15.7 Å². The fourth-order valence-electron chi connectivity index (χ4n) is 0.834. The SMILES string of the molecule is CS(=O)(=O)c1ccc(NCC#N)nc1. The Kier molecular flexibility index (Phi) is 3.04. The molecule has 0 spiro atoms. The first-order valence-electron chi connectivity index (χ1n) is 3.81. The summed E-state index contributed by atoms with van der Waals surface area (Å²) in [7, 11) is -3.20. The van der Waals surface area contributed by atoms with Crippen molar-refractivity contribution in [1.82, 2.24) is 4.98 Å². The van der Waals surface area contributed by atoms with Crippen LogP contribution in [0.25, 0.3) is 0 Å². The number of nitrogens with zero attached hydrogens (tertiary/aromatic N) is 2. The van der Waals surface area contributed by atoms with E-state index in [1.165, 1.54) is 18.3 Å². The molecule has 1 heterocycles. The molecule has 1 N–H and O–H groups in total. The maximum Gasteiger partial charge on any atom is 0.177 e. The van der Waals surface area contributed by atoms with Crippen LogP contribution in [-0.4, -0.2) is 26.2 Å². The fourth-order valence-corrected chi connectivity index (χ4v) is 1.39. The van der Waals surface area contributed by atoms with Gasteiger partial charge in [-0.05, 0) is 12.1 Å². The van der Waals surface area contributed by atoms with Crippen molar-refractivity contribution < 1.29 is 8.42 Å². The number of nitrogens with one attached hydrogen (secondary N) is 1. The highest BCUT2D eigenvalue weighted by Crippen LogP contribution is 2.09. The lowest BCUT2D eigenvalue weighted by molar-refractivity contribution is 0.601. The number of hydrogen-bond donors (Lipinski definition) is 1. The van der Waals surface area contributed by atoms with Gasteiger partial charge in [0.2, 0.25) is 0 Å². The average Bonchev–Trinajstić information content (AvgIpc) is 2.14. The van der Waals surface area contributed by atoms with E-state index in [1.807, 2.05) is 6.07 Å². The summed E-state index contributed by atoms with van der Waals surface area (Å²) in [6, 6.07) is 4.86. The minimum absolute atomic E-state index is 0.144. The van der Waals surface area contributed by atoms with Gasteiger partial charge in [-0.1, -0.05) is 0 Å². The van der Waals surface area contributed by atoms with E-state index >= 15 is 0 Å². The fraction of sp³-hybridized carbons (Fsp3) is 0.250. The molecule has 5 nitrogen and oxygen atoms in total. The van der Waals surface area contributed by atoms with Gasteiger partial charge >= 0.3 is 0 Å². The van der Waals surface area contributed by atoms with E-state index in [0.29, 0.717) is 5.82 Å². The van der Waals surface area contributed by atoms with Crippen LogP contribution in [-0.2, 0) is 9.84 Å². The molecule has 0 atom stereocenters. The zero-order chi connectivity index (χ0) is 10.6. The zero-order valence-corrected chi connectivity index (χ0v) is 8.37. The van der Waals surface area contributed by atoms with Crippen molar-refractivity contribution in [2.24, 2.45) is 0 Å². The van der Waals surface area contributed by atoms with Crippen LogP contribution in [0.2, 0.25) is 0 Å². The summed E-state index contributed by atoms with van der Waals surface area (Å²) < 4.78 is 22.1. The third kappa shape index (κ3) is 2.71. The Hall–Kier alpha value is -1.61. The second kappa shape index (κ2) is 4.07. The highest BCUT2D eigenvalue weighted by Gasteiger charge is 2.06. The van der Waals surface area contributed by atoms with Crippen LogP contribution in [0.3, 0.4) is 0 Å². The molecule has 0 radical (unpaired) electrons. The Bertz CT molecular complexity index is 444. The molecule has 0 saturated heterocycles. The summed E-state index contributed by atoms with van der Waals surface area (Å²) in [5.41, 5.74) is 0. The van der Waals surface area contributed by atoms with E-state index in [1.54, 1.807) is 0 Å².